The van der Waals surface area contributed by atoms with E-state index in [1.165, 1.54) is 6.07 Å². The number of nitrogens with two attached hydrogens (primary N) is 2. The number of nitrogen functional groups attached to an aromatic ring is 1. The van der Waals surface area contributed by atoms with Crippen LogP contribution in [0.1, 0.15) is 21.6 Å². The number of hydrogen-bond acceptors (Lipinski definition) is 6. The van der Waals surface area contributed by atoms with Gasteiger partial charge in [-0.3, -0.25) is 4.79 Å². The van der Waals surface area contributed by atoms with Gasteiger partial charge in [-0.25, -0.2) is 9.02 Å². The van der Waals surface area contributed by atoms with Gasteiger partial charge in [-0.2, -0.15) is 0 Å². The van der Waals surface area contributed by atoms with Crippen LogP contribution >= 0.6 is 15.9 Å². The summed E-state index contributed by atoms with van der Waals surface area (Å²) in [5.74, 6) is -0.0969. The smallest absolute Gasteiger partial charge is 0.277 e. The highest BCUT2D eigenvalue weighted by Gasteiger charge is 2.15. The lowest BCUT2D eigenvalue weighted by molar-refractivity contribution is -0.668. The first kappa shape index (κ1) is 20.7. The molecule has 5 N–H and O–H groups in total. The Labute approximate surface area is 174 Å². The fourth-order valence-electron chi connectivity index (χ4n) is 2.60. The van der Waals surface area contributed by atoms with Gasteiger partial charge in [0.05, 0.1) is 13.1 Å². The maximum Gasteiger partial charge on any atom is 0.277 e. The van der Waals surface area contributed by atoms with Gasteiger partial charge in [0.15, 0.2) is 0 Å². The molecule has 1 aromatic heterocycles. The van der Waals surface area contributed by atoms with Gasteiger partial charge in [-0.05, 0) is 34.6 Å². The number of nitrogens with zero attached hydrogens (tertiary/aromatic N) is 2. The molecule has 0 atom stereocenters. The van der Waals surface area contributed by atoms with Crippen molar-refractivity contribution in [2.24, 2.45) is 0 Å². The summed E-state index contributed by atoms with van der Waals surface area (Å²) in [6.45, 7) is 1.79. The first-order valence-corrected chi connectivity index (χ1v) is 9.66. The minimum absolute atomic E-state index is 0.0270. The Kier molecular flexibility index (Phi) is 7.14. The summed E-state index contributed by atoms with van der Waals surface area (Å²) in [7, 11) is 0. The molecule has 1 heterocycles. The lowest BCUT2D eigenvalue weighted by Crippen LogP contribution is -2.84. The summed E-state index contributed by atoms with van der Waals surface area (Å²) in [5, 5.41) is 11.5. The molecule has 0 saturated heterocycles. The van der Waals surface area contributed by atoms with Gasteiger partial charge in [0.2, 0.25) is 11.5 Å². The van der Waals surface area contributed by atoms with Crippen LogP contribution < -0.4 is 21.1 Å². The summed E-state index contributed by atoms with van der Waals surface area (Å²) in [6.07, 6.45) is 0. The largest absolute Gasteiger partial charge is 0.488 e. The van der Waals surface area contributed by atoms with Crippen molar-refractivity contribution in [3.05, 3.63) is 69.6 Å². The molecule has 0 bridgehead atoms. The molecule has 0 spiro atoms. The predicted molar refractivity (Wildman–Crippen MR) is 106 cm³/mol. The maximum absolute atomic E-state index is 13.8. The molecule has 3 aromatic rings. The second kappa shape index (κ2) is 9.99. The normalized spacial score (nSPS) is 10.7. The van der Waals surface area contributed by atoms with Crippen LogP contribution in [0.15, 0.2) is 51.6 Å². The van der Waals surface area contributed by atoms with Gasteiger partial charge >= 0.3 is 0 Å². The van der Waals surface area contributed by atoms with Crippen LogP contribution in [0.3, 0.4) is 0 Å². The van der Waals surface area contributed by atoms with Gasteiger partial charge in [-0.15, -0.1) is 0 Å². The van der Waals surface area contributed by atoms with E-state index in [1.807, 2.05) is 23.5 Å². The zero-order chi connectivity index (χ0) is 20.6. The van der Waals surface area contributed by atoms with Crippen LogP contribution in [0, 0.1) is 5.82 Å². The third-order valence-corrected chi connectivity index (χ3v) is 4.58. The van der Waals surface area contributed by atoms with Crippen LogP contribution in [0.5, 0.6) is 5.75 Å². The van der Waals surface area contributed by atoms with Gasteiger partial charge < -0.3 is 21.1 Å². The van der Waals surface area contributed by atoms with Crippen molar-refractivity contribution in [1.82, 2.24) is 15.6 Å². The molecule has 0 unspecified atom stereocenters. The number of carbonyl (C=O) groups excluding carboxylic acids is 1. The molecule has 152 valence electrons. The average Bonchev–Trinajstić information content (AvgIpc) is 3.14. The molecular formula is C19H20BrFN5O3+. The monoisotopic (exact) mass is 464 g/mol. The van der Waals surface area contributed by atoms with Gasteiger partial charge in [0, 0.05) is 15.6 Å². The first-order valence-electron chi connectivity index (χ1n) is 8.87. The number of hydrogen-bond donors (Lipinski definition) is 3. The highest BCUT2D eigenvalue weighted by molar-refractivity contribution is 9.10. The van der Waals surface area contributed by atoms with Crippen LogP contribution in [-0.2, 0) is 13.2 Å². The van der Waals surface area contributed by atoms with Crippen LogP contribution in [0.2, 0.25) is 0 Å². The Morgan fingerprint density at radius 3 is 2.83 bits per heavy atom. The summed E-state index contributed by atoms with van der Waals surface area (Å²) in [5.41, 5.74) is 6.90. The lowest BCUT2D eigenvalue weighted by atomic mass is 10.2. The Balaban J connectivity index is 1.50. The number of amides is 1. The Bertz CT molecular complexity index is 982. The van der Waals surface area contributed by atoms with Crippen molar-refractivity contribution in [2.75, 3.05) is 18.8 Å². The number of quaternary nitrogens is 1. The Morgan fingerprint density at radius 1 is 1.24 bits per heavy atom. The van der Waals surface area contributed by atoms with E-state index < -0.39 is 5.91 Å². The van der Waals surface area contributed by atoms with Gasteiger partial charge in [0.25, 0.3) is 5.91 Å². The van der Waals surface area contributed by atoms with Crippen LogP contribution in [-0.4, -0.2) is 29.3 Å². The number of nitrogens with one attached hydrogen (secondary N) is 1. The predicted octanol–water partition coefficient (Wildman–Crippen LogP) is 1.63. The Hall–Kier alpha value is -2.98. The molecule has 2 aromatic carbocycles. The number of halogens is 2. The number of ether oxygens (including phenoxy) is 1. The molecule has 1 amide bonds. The number of rotatable bonds is 9. The number of aromatic nitrogens is 2. The molecule has 0 saturated carbocycles. The summed E-state index contributed by atoms with van der Waals surface area (Å²) < 4.78 is 24.9. The highest BCUT2D eigenvalue weighted by Crippen LogP contribution is 2.24. The fourth-order valence-corrected chi connectivity index (χ4v) is 3.01. The quantitative estimate of drug-likeness (QED) is 0.414. The van der Waals surface area contributed by atoms with Gasteiger partial charge in [0.1, 0.15) is 24.7 Å². The van der Waals surface area contributed by atoms with Gasteiger partial charge in [-0.1, -0.05) is 34.1 Å². The summed E-state index contributed by atoms with van der Waals surface area (Å²) >= 11 is 3.45. The van der Waals surface area contributed by atoms with Crippen LogP contribution in [0.4, 0.5) is 10.2 Å². The SMILES string of the molecule is Nc1nonc1C(=O)NCC[NH2+]Cc1cc(Br)ccc1OCc1ccccc1F. The third-order valence-electron chi connectivity index (χ3n) is 4.09. The summed E-state index contributed by atoms with van der Waals surface area (Å²) in [4.78, 5) is 11.9. The van der Waals surface area contributed by atoms with E-state index in [0.717, 1.165) is 10.0 Å². The minimum Gasteiger partial charge on any atom is -0.488 e. The molecule has 8 nitrogen and oxygen atoms in total. The average molecular weight is 465 g/mol. The van der Waals surface area contributed by atoms with E-state index in [-0.39, 0.29) is 23.9 Å². The van der Waals surface area contributed by atoms with E-state index in [0.29, 0.717) is 30.9 Å². The van der Waals surface area contributed by atoms with Crippen molar-refractivity contribution in [2.45, 2.75) is 13.2 Å². The fraction of sp³-hybridized carbons (Fsp3) is 0.211. The van der Waals surface area contributed by atoms with E-state index in [4.69, 9.17) is 10.5 Å². The van der Waals surface area contributed by atoms with Crippen molar-refractivity contribution >= 4 is 27.7 Å². The van der Waals surface area contributed by atoms with E-state index >= 15 is 0 Å². The topological polar surface area (TPSA) is 120 Å². The maximum atomic E-state index is 13.8. The molecule has 0 aliphatic rings. The zero-order valence-electron chi connectivity index (χ0n) is 15.4. The van der Waals surface area contributed by atoms with Crippen molar-refractivity contribution in [3.8, 4) is 5.75 Å². The molecule has 3 rings (SSSR count). The molecule has 0 aliphatic carbocycles. The van der Waals surface area contributed by atoms with Crippen LogP contribution in [0.25, 0.3) is 0 Å². The third kappa shape index (κ3) is 5.75. The van der Waals surface area contributed by atoms with E-state index in [2.05, 4.69) is 36.2 Å². The standard InChI is InChI=1S/C19H19BrFN5O3/c20-14-5-6-16(28-11-12-3-1-2-4-15(12)21)13(9-14)10-23-7-8-24-19(27)17-18(22)26-29-25-17/h1-6,9,23H,7-8,10-11H2,(H2,22,26)(H,24,27)/p+1. The number of anilines is 1. The van der Waals surface area contributed by atoms with E-state index in [1.54, 1.807) is 18.2 Å². The molecule has 0 aliphatic heterocycles. The second-order valence-electron chi connectivity index (χ2n) is 6.17. The zero-order valence-corrected chi connectivity index (χ0v) is 17.0. The molecule has 10 heteroatoms. The number of carbonyl (C=O) groups is 1. The van der Waals surface area contributed by atoms with Crippen molar-refractivity contribution in [1.29, 1.82) is 0 Å². The van der Waals surface area contributed by atoms with E-state index in [9.17, 15) is 9.18 Å². The molecule has 0 radical (unpaired) electrons. The highest BCUT2D eigenvalue weighted by atomic mass is 79.9. The molecule has 29 heavy (non-hydrogen) atoms. The summed E-state index contributed by atoms with van der Waals surface area (Å²) in [6, 6.07) is 12.2. The number of benzene rings is 2. The Morgan fingerprint density at radius 2 is 2.07 bits per heavy atom. The van der Waals surface area contributed by atoms with Crippen molar-refractivity contribution in [3.63, 3.8) is 0 Å². The molecular weight excluding hydrogens is 445 g/mol. The molecule has 0 fully saturated rings. The first-order chi connectivity index (χ1) is 14.0. The second-order valence-corrected chi connectivity index (χ2v) is 7.08. The lowest BCUT2D eigenvalue weighted by Gasteiger charge is -2.12. The van der Waals surface area contributed by atoms with Crippen molar-refractivity contribution < 1.29 is 23.9 Å². The minimum atomic E-state index is -0.437.